The molecular formula is C12H19NO8Sb. The number of aliphatic hydroxyl groups is 2. The summed E-state index contributed by atoms with van der Waals surface area (Å²) < 4.78 is 5.21. The first-order valence-electron chi connectivity index (χ1n) is 5.59. The van der Waals surface area contributed by atoms with E-state index >= 15 is 0 Å². The molecule has 0 saturated heterocycles. The van der Waals surface area contributed by atoms with Crippen molar-refractivity contribution in [2.45, 2.75) is 19.1 Å². The molecule has 0 fully saturated rings. The average molecular weight is 427 g/mol. The normalized spacial score (nSPS) is 11.4. The van der Waals surface area contributed by atoms with Crippen molar-refractivity contribution >= 4 is 42.1 Å². The first-order chi connectivity index (χ1) is 9.29. The zero-order valence-electron chi connectivity index (χ0n) is 11.7. The Labute approximate surface area is 144 Å². The van der Waals surface area contributed by atoms with Crippen molar-refractivity contribution in [2.24, 2.45) is 0 Å². The van der Waals surface area contributed by atoms with E-state index in [9.17, 15) is 9.59 Å². The van der Waals surface area contributed by atoms with Crippen LogP contribution in [0.3, 0.4) is 0 Å². The van der Waals surface area contributed by atoms with E-state index in [4.69, 9.17) is 30.9 Å². The molecule has 0 aromatic heterocycles. The van der Waals surface area contributed by atoms with Gasteiger partial charge in [0.15, 0.2) is 12.2 Å². The Bertz CT molecular complexity index is 439. The van der Waals surface area contributed by atoms with E-state index in [-0.39, 0.29) is 29.9 Å². The SMILES string of the molecule is CCOc1cccc(N)c1.O.O=C(O)C(O)C(O)C(=O)O.[Sb]. The Morgan fingerprint density at radius 2 is 1.64 bits per heavy atom. The first-order valence-corrected chi connectivity index (χ1v) is 5.59. The monoisotopic (exact) mass is 426 g/mol. The van der Waals surface area contributed by atoms with E-state index in [0.29, 0.717) is 6.61 Å². The molecule has 1 aromatic carbocycles. The number of benzene rings is 1. The van der Waals surface area contributed by atoms with Crippen LogP contribution in [0.15, 0.2) is 24.3 Å². The van der Waals surface area contributed by atoms with Crippen LogP contribution in [0.1, 0.15) is 6.92 Å². The van der Waals surface area contributed by atoms with Crippen LogP contribution in [0.5, 0.6) is 5.75 Å². The summed E-state index contributed by atoms with van der Waals surface area (Å²) in [5.41, 5.74) is 6.25. The second kappa shape index (κ2) is 13.1. The predicted octanol–water partition coefficient (Wildman–Crippen LogP) is -1.66. The molecule has 0 aliphatic carbocycles. The zero-order valence-corrected chi connectivity index (χ0v) is 14.3. The molecule has 1 aromatic rings. The fraction of sp³-hybridized carbons (Fsp3) is 0.333. The largest absolute Gasteiger partial charge is 0.494 e. The maximum Gasteiger partial charge on any atom is 0.335 e. The maximum atomic E-state index is 9.77. The van der Waals surface area contributed by atoms with Crippen LogP contribution in [0.4, 0.5) is 5.69 Å². The zero-order chi connectivity index (χ0) is 15.7. The van der Waals surface area contributed by atoms with Crippen LogP contribution in [0.2, 0.25) is 0 Å². The Balaban J connectivity index is -0.000000301. The number of aliphatic carboxylic acids is 2. The van der Waals surface area contributed by atoms with Gasteiger partial charge in [-0.05, 0) is 19.1 Å². The molecule has 0 aliphatic heterocycles. The summed E-state index contributed by atoms with van der Waals surface area (Å²) >= 11 is 0. The molecule has 2 unspecified atom stereocenters. The molecule has 8 N–H and O–H groups in total. The van der Waals surface area contributed by atoms with Crippen molar-refractivity contribution in [1.82, 2.24) is 0 Å². The fourth-order valence-corrected chi connectivity index (χ4v) is 1.04. The molecule has 3 radical (unpaired) electrons. The van der Waals surface area contributed by atoms with Crippen LogP contribution in [-0.2, 0) is 9.59 Å². The Morgan fingerprint density at radius 3 is 1.95 bits per heavy atom. The van der Waals surface area contributed by atoms with Crippen LogP contribution in [0.25, 0.3) is 0 Å². The molecule has 0 saturated carbocycles. The van der Waals surface area contributed by atoms with Gasteiger partial charge in [-0.25, -0.2) is 9.59 Å². The van der Waals surface area contributed by atoms with Gasteiger partial charge in [0.05, 0.1) is 6.61 Å². The van der Waals surface area contributed by atoms with Crippen LogP contribution in [0, 0.1) is 0 Å². The van der Waals surface area contributed by atoms with Gasteiger partial charge in [0, 0.05) is 36.2 Å². The summed E-state index contributed by atoms with van der Waals surface area (Å²) in [7, 11) is 0. The van der Waals surface area contributed by atoms with Gasteiger partial charge < -0.3 is 36.4 Å². The molecule has 0 amide bonds. The van der Waals surface area contributed by atoms with E-state index in [1.165, 1.54) is 0 Å². The molecule has 10 heteroatoms. The quantitative estimate of drug-likeness (QED) is 0.273. The topological polar surface area (TPSA) is 182 Å². The number of carbonyl (C=O) groups is 2. The summed E-state index contributed by atoms with van der Waals surface area (Å²) in [6, 6.07) is 7.41. The molecule has 0 aliphatic rings. The van der Waals surface area contributed by atoms with Crippen molar-refractivity contribution in [3.05, 3.63) is 24.3 Å². The number of hydrogen-bond acceptors (Lipinski definition) is 6. The van der Waals surface area contributed by atoms with E-state index in [2.05, 4.69) is 0 Å². The smallest absolute Gasteiger partial charge is 0.335 e. The summed E-state index contributed by atoms with van der Waals surface area (Å²) in [5.74, 6) is -2.70. The Kier molecular flexibility index (Phi) is 15.2. The third kappa shape index (κ3) is 10.2. The average Bonchev–Trinajstić information content (AvgIpc) is 2.38. The maximum absolute atomic E-state index is 9.77. The van der Waals surface area contributed by atoms with Crippen molar-refractivity contribution in [3.63, 3.8) is 0 Å². The molecule has 1 rings (SSSR count). The second-order valence-corrected chi connectivity index (χ2v) is 3.57. The minimum absolute atomic E-state index is 0. The number of carboxylic acids is 2. The van der Waals surface area contributed by atoms with Gasteiger partial charge in [-0.2, -0.15) is 0 Å². The third-order valence-corrected chi connectivity index (χ3v) is 1.97. The number of carboxylic acid groups (broad SMARTS) is 2. The van der Waals surface area contributed by atoms with Crippen LogP contribution >= 0.6 is 0 Å². The van der Waals surface area contributed by atoms with Gasteiger partial charge in [-0.3, -0.25) is 0 Å². The molecule has 0 heterocycles. The predicted molar refractivity (Wildman–Crippen MR) is 78.7 cm³/mol. The summed E-state index contributed by atoms with van der Waals surface area (Å²) in [6.07, 6.45) is -4.53. The van der Waals surface area contributed by atoms with Crippen molar-refractivity contribution in [2.75, 3.05) is 12.3 Å². The number of hydrogen-bond donors (Lipinski definition) is 5. The number of ether oxygens (including phenoxy) is 1. The number of aliphatic hydroxyl groups excluding tert-OH is 2. The molecule has 22 heavy (non-hydrogen) atoms. The van der Waals surface area contributed by atoms with Gasteiger partial charge >= 0.3 is 11.9 Å². The van der Waals surface area contributed by atoms with Crippen molar-refractivity contribution < 1.29 is 40.2 Å². The fourth-order valence-electron chi connectivity index (χ4n) is 1.04. The summed E-state index contributed by atoms with van der Waals surface area (Å²) in [5, 5.41) is 32.5. The van der Waals surface area contributed by atoms with E-state index in [1.807, 2.05) is 31.2 Å². The first kappa shape index (κ1) is 25.4. The van der Waals surface area contributed by atoms with Gasteiger partial charge in [0.2, 0.25) is 0 Å². The number of anilines is 1. The number of nitrogens with two attached hydrogens (primary N) is 1. The second-order valence-electron chi connectivity index (χ2n) is 3.57. The summed E-state index contributed by atoms with van der Waals surface area (Å²) in [6.45, 7) is 2.63. The molecule has 9 nitrogen and oxygen atoms in total. The molecule has 0 spiro atoms. The minimum atomic E-state index is -2.27. The van der Waals surface area contributed by atoms with Crippen LogP contribution in [-0.4, -0.2) is 81.1 Å². The Hall–Kier alpha value is -1.54. The molecular weight excluding hydrogens is 408 g/mol. The van der Waals surface area contributed by atoms with Gasteiger partial charge in [-0.15, -0.1) is 0 Å². The molecule has 125 valence electrons. The molecule has 2 atom stereocenters. The van der Waals surface area contributed by atoms with Gasteiger partial charge in [-0.1, -0.05) is 6.07 Å². The van der Waals surface area contributed by atoms with Gasteiger partial charge in [0.1, 0.15) is 5.75 Å². The molecule has 0 bridgehead atoms. The van der Waals surface area contributed by atoms with E-state index in [1.54, 1.807) is 0 Å². The number of nitrogen functional groups attached to an aromatic ring is 1. The minimum Gasteiger partial charge on any atom is -0.494 e. The van der Waals surface area contributed by atoms with Gasteiger partial charge in [0.25, 0.3) is 0 Å². The standard InChI is InChI=1S/C8H11NO.C4H6O6.H2O.Sb/c1-2-10-8-5-3-4-7(9)6-8;5-1(3(7)8)2(6)4(9)10;;/h3-6H,2,9H2,1H3;1-2,5-6H,(H,7,8)(H,9,10);1H2;. The summed E-state index contributed by atoms with van der Waals surface area (Å²) in [4.78, 5) is 19.5. The van der Waals surface area contributed by atoms with Crippen molar-refractivity contribution in [3.8, 4) is 5.75 Å². The number of rotatable bonds is 5. The Morgan fingerprint density at radius 1 is 1.18 bits per heavy atom. The van der Waals surface area contributed by atoms with E-state index < -0.39 is 24.1 Å². The van der Waals surface area contributed by atoms with E-state index in [0.717, 1.165) is 11.4 Å². The van der Waals surface area contributed by atoms with Crippen molar-refractivity contribution in [1.29, 1.82) is 0 Å². The third-order valence-electron chi connectivity index (χ3n) is 1.97. The van der Waals surface area contributed by atoms with Crippen LogP contribution < -0.4 is 10.5 Å².